The first-order valence-corrected chi connectivity index (χ1v) is 4.43. The lowest BCUT2D eigenvalue weighted by atomic mass is 9.92. The van der Waals surface area contributed by atoms with E-state index in [0.717, 1.165) is 0 Å². The first-order chi connectivity index (χ1) is 6.68. The molecule has 0 bridgehead atoms. The smallest absolute Gasteiger partial charge is 0.261 e. The van der Waals surface area contributed by atoms with E-state index in [0.29, 0.717) is 11.3 Å². The van der Waals surface area contributed by atoms with Crippen molar-refractivity contribution in [3.63, 3.8) is 0 Å². The first kappa shape index (κ1) is 8.97. The molecule has 2 N–H and O–H groups in total. The molecule has 3 heteroatoms. The Morgan fingerprint density at radius 3 is 2.93 bits per heavy atom. The second-order valence-corrected chi connectivity index (χ2v) is 3.35. The van der Waals surface area contributed by atoms with Crippen molar-refractivity contribution in [3.8, 4) is 0 Å². The summed E-state index contributed by atoms with van der Waals surface area (Å²) in [5.74, 6) is -0.376. The maximum Gasteiger partial charge on any atom is 0.261 e. The fourth-order valence-corrected chi connectivity index (χ4v) is 1.71. The van der Waals surface area contributed by atoms with Crippen LogP contribution in [0.3, 0.4) is 0 Å². The predicted octanol–water partition coefficient (Wildman–Crippen LogP) is 1.40. The number of aliphatic hydroxyl groups is 1. The van der Waals surface area contributed by atoms with E-state index in [1.165, 1.54) is 0 Å². The van der Waals surface area contributed by atoms with E-state index in [4.69, 9.17) is 0 Å². The molecule has 1 heterocycles. The zero-order valence-electron chi connectivity index (χ0n) is 7.66. The van der Waals surface area contributed by atoms with Gasteiger partial charge in [0.05, 0.1) is 0 Å². The zero-order chi connectivity index (χ0) is 10.2. The summed E-state index contributed by atoms with van der Waals surface area (Å²) in [5, 5.41) is 12.8. The van der Waals surface area contributed by atoms with Crippen molar-refractivity contribution >= 4 is 11.6 Å². The van der Waals surface area contributed by atoms with Gasteiger partial charge < -0.3 is 10.4 Å². The minimum atomic E-state index is -1.43. The van der Waals surface area contributed by atoms with Gasteiger partial charge in [-0.1, -0.05) is 24.3 Å². The third-order valence-electron chi connectivity index (χ3n) is 2.44. The van der Waals surface area contributed by atoms with Gasteiger partial charge in [0.2, 0.25) is 0 Å². The van der Waals surface area contributed by atoms with Gasteiger partial charge in [-0.2, -0.15) is 0 Å². The van der Waals surface area contributed by atoms with Gasteiger partial charge in [-0.25, -0.2) is 0 Å². The monoisotopic (exact) mass is 189 g/mol. The molecule has 2 rings (SSSR count). The standard InChI is InChI=1S/C11H11NO2/c1-2-7-11(14)8-5-3-4-6-9(8)12-10(11)13/h2-6,14H,1,7H2,(H,12,13)/t11-/m0/s1. The van der Waals surface area contributed by atoms with Crippen LogP contribution in [0.1, 0.15) is 12.0 Å². The molecule has 0 aromatic heterocycles. The second kappa shape index (κ2) is 2.96. The van der Waals surface area contributed by atoms with Gasteiger partial charge in [0.15, 0.2) is 5.60 Å². The van der Waals surface area contributed by atoms with E-state index in [1.54, 1.807) is 24.3 Å². The predicted molar refractivity (Wildman–Crippen MR) is 53.8 cm³/mol. The number of benzene rings is 1. The molecule has 0 unspecified atom stereocenters. The second-order valence-electron chi connectivity index (χ2n) is 3.35. The first-order valence-electron chi connectivity index (χ1n) is 4.43. The molecule has 0 saturated heterocycles. The molecule has 0 radical (unpaired) electrons. The fourth-order valence-electron chi connectivity index (χ4n) is 1.71. The average molecular weight is 189 g/mol. The number of carbonyl (C=O) groups is 1. The summed E-state index contributed by atoms with van der Waals surface area (Å²) in [5.41, 5.74) is -0.120. The van der Waals surface area contributed by atoms with E-state index in [1.807, 2.05) is 6.07 Å². The van der Waals surface area contributed by atoms with Gasteiger partial charge in [-0.3, -0.25) is 4.79 Å². The average Bonchev–Trinajstić information content (AvgIpc) is 2.41. The maximum atomic E-state index is 11.5. The Morgan fingerprint density at radius 1 is 1.50 bits per heavy atom. The van der Waals surface area contributed by atoms with Gasteiger partial charge in [0.25, 0.3) is 5.91 Å². The Labute approximate surface area is 82.1 Å². The third kappa shape index (κ3) is 1.06. The third-order valence-corrected chi connectivity index (χ3v) is 2.44. The van der Waals surface area contributed by atoms with Gasteiger partial charge in [0.1, 0.15) is 0 Å². The minimum Gasteiger partial charge on any atom is -0.375 e. The highest BCUT2D eigenvalue weighted by Gasteiger charge is 2.43. The van der Waals surface area contributed by atoms with Crippen molar-refractivity contribution in [1.82, 2.24) is 0 Å². The number of amides is 1. The Balaban J connectivity index is 2.53. The summed E-state index contributed by atoms with van der Waals surface area (Å²) in [7, 11) is 0. The Hall–Kier alpha value is -1.61. The number of fused-ring (bicyclic) bond motifs is 1. The number of hydrogen-bond donors (Lipinski definition) is 2. The van der Waals surface area contributed by atoms with Crippen LogP contribution >= 0.6 is 0 Å². The van der Waals surface area contributed by atoms with E-state index < -0.39 is 5.60 Å². The van der Waals surface area contributed by atoms with Gasteiger partial charge >= 0.3 is 0 Å². The summed E-state index contributed by atoms with van der Waals surface area (Å²) in [6.45, 7) is 3.54. The molecule has 0 saturated carbocycles. The number of carbonyl (C=O) groups excluding carboxylic acids is 1. The number of rotatable bonds is 2. The number of hydrogen-bond acceptors (Lipinski definition) is 2. The van der Waals surface area contributed by atoms with Gasteiger partial charge in [0, 0.05) is 17.7 Å². The van der Waals surface area contributed by atoms with Crippen molar-refractivity contribution in [2.45, 2.75) is 12.0 Å². The molecule has 0 spiro atoms. The summed E-state index contributed by atoms with van der Waals surface area (Å²) < 4.78 is 0. The lowest BCUT2D eigenvalue weighted by Gasteiger charge is -2.18. The molecule has 1 amide bonds. The van der Waals surface area contributed by atoms with Gasteiger partial charge in [-0.05, 0) is 6.07 Å². The van der Waals surface area contributed by atoms with Crippen LogP contribution < -0.4 is 5.32 Å². The van der Waals surface area contributed by atoms with Crippen LogP contribution in [0.25, 0.3) is 0 Å². The zero-order valence-corrected chi connectivity index (χ0v) is 7.66. The molecular formula is C11H11NO2. The topological polar surface area (TPSA) is 49.3 Å². The number of para-hydroxylation sites is 1. The van der Waals surface area contributed by atoms with Crippen LogP contribution in [0.4, 0.5) is 5.69 Å². The summed E-state index contributed by atoms with van der Waals surface area (Å²) in [4.78, 5) is 11.5. The van der Waals surface area contributed by atoms with Crippen molar-refractivity contribution in [2.75, 3.05) is 5.32 Å². The highest BCUT2D eigenvalue weighted by Crippen LogP contribution is 2.37. The van der Waals surface area contributed by atoms with Crippen molar-refractivity contribution < 1.29 is 9.90 Å². The maximum absolute atomic E-state index is 11.5. The van der Waals surface area contributed by atoms with Crippen molar-refractivity contribution in [2.24, 2.45) is 0 Å². The van der Waals surface area contributed by atoms with Crippen LogP contribution in [0.2, 0.25) is 0 Å². The normalized spacial score (nSPS) is 24.2. The Kier molecular flexibility index (Phi) is 1.89. The molecule has 0 aliphatic carbocycles. The molecule has 1 atom stereocenters. The lowest BCUT2D eigenvalue weighted by molar-refractivity contribution is -0.133. The van der Waals surface area contributed by atoms with E-state index in [9.17, 15) is 9.90 Å². The largest absolute Gasteiger partial charge is 0.375 e. The molecule has 1 aromatic carbocycles. The van der Waals surface area contributed by atoms with Crippen LogP contribution in [-0.4, -0.2) is 11.0 Å². The van der Waals surface area contributed by atoms with Gasteiger partial charge in [-0.15, -0.1) is 6.58 Å². The van der Waals surface area contributed by atoms with Crippen LogP contribution in [0.5, 0.6) is 0 Å². The van der Waals surface area contributed by atoms with E-state index >= 15 is 0 Å². The van der Waals surface area contributed by atoms with E-state index in [-0.39, 0.29) is 12.3 Å². The molecule has 14 heavy (non-hydrogen) atoms. The Bertz CT molecular complexity index is 400. The van der Waals surface area contributed by atoms with Crippen LogP contribution in [0, 0.1) is 0 Å². The fraction of sp³-hybridized carbons (Fsp3) is 0.182. The molecule has 72 valence electrons. The van der Waals surface area contributed by atoms with Crippen molar-refractivity contribution in [1.29, 1.82) is 0 Å². The molecule has 0 fully saturated rings. The molecule has 1 aromatic rings. The highest BCUT2D eigenvalue weighted by atomic mass is 16.3. The number of nitrogens with one attached hydrogen (secondary N) is 1. The quantitative estimate of drug-likeness (QED) is 0.691. The van der Waals surface area contributed by atoms with E-state index in [2.05, 4.69) is 11.9 Å². The summed E-state index contributed by atoms with van der Waals surface area (Å²) in [6.07, 6.45) is 1.78. The minimum absolute atomic E-state index is 0.232. The van der Waals surface area contributed by atoms with Crippen molar-refractivity contribution in [3.05, 3.63) is 42.5 Å². The number of anilines is 1. The summed E-state index contributed by atoms with van der Waals surface area (Å²) in [6, 6.07) is 7.14. The Morgan fingerprint density at radius 2 is 2.21 bits per heavy atom. The summed E-state index contributed by atoms with van der Waals surface area (Å²) >= 11 is 0. The lowest BCUT2D eigenvalue weighted by Crippen LogP contribution is -2.33. The highest BCUT2D eigenvalue weighted by molar-refractivity contribution is 6.04. The van der Waals surface area contributed by atoms with Crippen LogP contribution in [0.15, 0.2) is 36.9 Å². The SMILES string of the molecule is C=CC[C@@]1(O)C(=O)Nc2ccccc21. The molecule has 3 nitrogen and oxygen atoms in total. The molecule has 1 aliphatic heterocycles. The molecule has 1 aliphatic rings. The van der Waals surface area contributed by atoms with Crippen LogP contribution in [-0.2, 0) is 10.4 Å². The molecular weight excluding hydrogens is 178 g/mol.